The third kappa shape index (κ3) is 6.10. The van der Waals surface area contributed by atoms with Gasteiger partial charge in [-0.05, 0) is 122 Å². The van der Waals surface area contributed by atoms with Crippen LogP contribution in [-0.2, 0) is 0 Å². The summed E-state index contributed by atoms with van der Waals surface area (Å²) in [4.78, 5) is 0. The van der Waals surface area contributed by atoms with E-state index in [1.165, 1.54) is 66.8 Å². The van der Waals surface area contributed by atoms with Crippen LogP contribution in [0.5, 0.6) is 0 Å². The summed E-state index contributed by atoms with van der Waals surface area (Å²) in [5.74, 6) is 0.488. The van der Waals surface area contributed by atoms with Gasteiger partial charge in [0, 0.05) is 0 Å². The lowest BCUT2D eigenvalue weighted by atomic mass is 9.81. The van der Waals surface area contributed by atoms with Gasteiger partial charge in [-0.25, -0.2) is 0 Å². The van der Waals surface area contributed by atoms with Crippen molar-refractivity contribution in [3.8, 4) is 44.5 Å². The molecule has 6 rings (SSSR count). The number of rotatable bonds is 8. The molecule has 5 aromatic carbocycles. The highest BCUT2D eigenvalue weighted by Gasteiger charge is 2.21. The Morgan fingerprint density at radius 3 is 1.84 bits per heavy atom. The van der Waals surface area contributed by atoms with Crippen LogP contribution in [0.4, 0.5) is 0 Å². The van der Waals surface area contributed by atoms with Crippen LogP contribution in [-0.4, -0.2) is 0 Å². The Labute approximate surface area is 269 Å². The van der Waals surface area contributed by atoms with Crippen molar-refractivity contribution in [3.63, 3.8) is 0 Å². The lowest BCUT2D eigenvalue weighted by Crippen LogP contribution is -2.01. The van der Waals surface area contributed by atoms with E-state index in [0.29, 0.717) is 5.92 Å². The third-order valence-electron chi connectivity index (χ3n) is 8.91. The Bertz CT molecular complexity index is 1900. The Hall–Kier alpha value is -5.20. The van der Waals surface area contributed by atoms with Gasteiger partial charge >= 0.3 is 0 Å². The van der Waals surface area contributed by atoms with E-state index in [0.717, 1.165) is 17.6 Å². The highest BCUT2D eigenvalue weighted by molar-refractivity contribution is 5.99. The van der Waals surface area contributed by atoms with Crippen LogP contribution in [0.25, 0.3) is 61.2 Å². The molecule has 0 heterocycles. The average molecular weight is 581 g/mol. The summed E-state index contributed by atoms with van der Waals surface area (Å²) in [6.07, 6.45) is 11.9. The molecule has 1 atom stereocenters. The molecule has 0 saturated carbocycles. The first-order valence-electron chi connectivity index (χ1n) is 15.8. The standard InChI is InChI=1S/C45H40/c1-6-32(4)37-28-38(44-40(33(5)7-2)23-15-26-43(44)36-22-14-17-31(3)27-36)30-39(29-37)45-41(34-18-10-8-11-19-34)24-16-25-42(45)35-20-12-9-13-21-35/h6-26,28-31H,2,5,27H2,1,3-4H3. The fourth-order valence-corrected chi connectivity index (χ4v) is 6.44. The first kappa shape index (κ1) is 29.9. The van der Waals surface area contributed by atoms with Gasteiger partial charge in [-0.15, -0.1) is 0 Å². The molecule has 0 fully saturated rings. The quantitative estimate of drug-likeness (QED) is 0.160. The van der Waals surface area contributed by atoms with Gasteiger partial charge < -0.3 is 0 Å². The number of hydrogen-bond donors (Lipinski definition) is 0. The van der Waals surface area contributed by atoms with Gasteiger partial charge in [0.1, 0.15) is 0 Å². The van der Waals surface area contributed by atoms with E-state index in [1.54, 1.807) is 0 Å². The zero-order chi connectivity index (χ0) is 31.3. The van der Waals surface area contributed by atoms with E-state index in [2.05, 4.69) is 173 Å². The second-order valence-electron chi connectivity index (χ2n) is 11.9. The second kappa shape index (κ2) is 13.2. The van der Waals surface area contributed by atoms with Crippen molar-refractivity contribution in [1.82, 2.24) is 0 Å². The van der Waals surface area contributed by atoms with Crippen molar-refractivity contribution in [2.45, 2.75) is 27.2 Å². The van der Waals surface area contributed by atoms with Crippen LogP contribution in [0, 0.1) is 5.92 Å². The summed E-state index contributed by atoms with van der Waals surface area (Å²) in [5, 5.41) is 0. The van der Waals surface area contributed by atoms with Crippen molar-refractivity contribution in [2.24, 2.45) is 5.92 Å². The van der Waals surface area contributed by atoms with E-state index < -0.39 is 0 Å². The third-order valence-corrected chi connectivity index (χ3v) is 8.91. The van der Waals surface area contributed by atoms with Crippen LogP contribution in [0.1, 0.15) is 43.9 Å². The Morgan fingerprint density at radius 1 is 0.689 bits per heavy atom. The van der Waals surface area contributed by atoms with Crippen molar-refractivity contribution in [2.75, 3.05) is 0 Å². The molecule has 0 heteroatoms. The summed E-state index contributed by atoms with van der Waals surface area (Å²) >= 11 is 0. The monoisotopic (exact) mass is 580 g/mol. The van der Waals surface area contributed by atoms with Gasteiger partial charge in [0.2, 0.25) is 0 Å². The molecule has 220 valence electrons. The van der Waals surface area contributed by atoms with Gasteiger partial charge in [0.25, 0.3) is 0 Å². The zero-order valence-corrected chi connectivity index (χ0v) is 26.6. The van der Waals surface area contributed by atoms with E-state index in [-0.39, 0.29) is 0 Å². The molecule has 0 aromatic heterocycles. The molecule has 0 spiro atoms. The van der Waals surface area contributed by atoms with Crippen LogP contribution >= 0.6 is 0 Å². The first-order chi connectivity index (χ1) is 22.0. The topological polar surface area (TPSA) is 0 Å². The molecule has 0 amide bonds. The highest BCUT2D eigenvalue weighted by atomic mass is 14.2. The van der Waals surface area contributed by atoms with Crippen LogP contribution in [0.3, 0.4) is 0 Å². The molecule has 5 aromatic rings. The number of hydrogen-bond acceptors (Lipinski definition) is 0. The van der Waals surface area contributed by atoms with E-state index >= 15 is 0 Å². The summed E-state index contributed by atoms with van der Waals surface area (Å²) in [6, 6.07) is 41.9. The van der Waals surface area contributed by atoms with Gasteiger partial charge in [-0.1, -0.05) is 148 Å². The van der Waals surface area contributed by atoms with Gasteiger partial charge in [0.05, 0.1) is 0 Å². The predicted molar refractivity (Wildman–Crippen MR) is 198 cm³/mol. The molecule has 45 heavy (non-hydrogen) atoms. The second-order valence-corrected chi connectivity index (χ2v) is 11.9. The fourth-order valence-electron chi connectivity index (χ4n) is 6.44. The zero-order valence-electron chi connectivity index (χ0n) is 26.6. The molecule has 0 nitrogen and oxygen atoms in total. The molecule has 1 aliphatic rings. The van der Waals surface area contributed by atoms with Crippen molar-refractivity contribution >= 4 is 16.7 Å². The maximum atomic E-state index is 4.43. The Balaban J connectivity index is 1.71. The summed E-state index contributed by atoms with van der Waals surface area (Å²) in [6.45, 7) is 15.1. The maximum absolute atomic E-state index is 4.43. The fraction of sp³-hybridized carbons (Fsp3) is 0.111. The van der Waals surface area contributed by atoms with Crippen molar-refractivity contribution < 1.29 is 0 Å². The Morgan fingerprint density at radius 2 is 1.27 bits per heavy atom. The van der Waals surface area contributed by atoms with Gasteiger partial charge in [-0.3, -0.25) is 0 Å². The number of benzene rings is 5. The lowest BCUT2D eigenvalue weighted by molar-refractivity contribution is 0.749. The number of allylic oxidation sites excluding steroid dienone is 8. The van der Waals surface area contributed by atoms with Gasteiger partial charge in [-0.2, -0.15) is 0 Å². The largest absolute Gasteiger partial charge is 0.0985 e. The summed E-state index contributed by atoms with van der Waals surface area (Å²) in [5.41, 5.74) is 16.8. The summed E-state index contributed by atoms with van der Waals surface area (Å²) in [7, 11) is 0. The predicted octanol–water partition coefficient (Wildman–Crippen LogP) is 13.0. The molecule has 1 unspecified atom stereocenters. The molecule has 0 aliphatic heterocycles. The first-order valence-corrected chi connectivity index (χ1v) is 15.8. The summed E-state index contributed by atoms with van der Waals surface area (Å²) < 4.78 is 0. The molecular weight excluding hydrogens is 540 g/mol. The molecule has 0 radical (unpaired) electrons. The van der Waals surface area contributed by atoms with Crippen molar-refractivity contribution in [1.29, 1.82) is 0 Å². The minimum atomic E-state index is 0.488. The smallest absolute Gasteiger partial charge is 0.00264 e. The average Bonchev–Trinajstić information content (AvgIpc) is 3.10. The van der Waals surface area contributed by atoms with Crippen LogP contribution < -0.4 is 0 Å². The van der Waals surface area contributed by atoms with Crippen LogP contribution in [0.2, 0.25) is 0 Å². The molecule has 0 saturated heterocycles. The molecule has 0 bridgehead atoms. The van der Waals surface area contributed by atoms with E-state index in [4.69, 9.17) is 0 Å². The SMILES string of the molecule is C=CC(=C)c1cccc(C2=CC=CC(C)C2)c1-c1cc(C(C)=CC)cc(-c2c(-c3ccccc3)cccc2-c2ccccc2)c1. The van der Waals surface area contributed by atoms with Gasteiger partial charge in [0.15, 0.2) is 0 Å². The van der Waals surface area contributed by atoms with E-state index in [1.807, 2.05) is 6.08 Å². The normalized spacial score (nSPS) is 14.6. The maximum Gasteiger partial charge on any atom is -0.00264 e. The molecule has 1 aliphatic carbocycles. The van der Waals surface area contributed by atoms with E-state index in [9.17, 15) is 0 Å². The molecular formula is C45H40. The highest BCUT2D eigenvalue weighted by Crippen LogP contribution is 2.45. The van der Waals surface area contributed by atoms with Crippen molar-refractivity contribution in [3.05, 3.63) is 175 Å². The minimum absolute atomic E-state index is 0.488. The Kier molecular flexibility index (Phi) is 8.76. The minimum Gasteiger partial charge on any atom is -0.0985 e. The molecule has 0 N–H and O–H groups in total. The lowest BCUT2D eigenvalue weighted by Gasteiger charge is -2.23. The van der Waals surface area contributed by atoms with Crippen LogP contribution in [0.15, 0.2) is 159 Å².